The molecule has 2 aliphatic heterocycles. The van der Waals surface area contributed by atoms with Gasteiger partial charge in [0.1, 0.15) is 11.7 Å². The van der Waals surface area contributed by atoms with Gasteiger partial charge < -0.3 is 18.9 Å². The summed E-state index contributed by atoms with van der Waals surface area (Å²) in [5, 5.41) is 0. The summed E-state index contributed by atoms with van der Waals surface area (Å²) < 4.78 is 23.0. The summed E-state index contributed by atoms with van der Waals surface area (Å²) in [6, 6.07) is 10.2. The Hall–Kier alpha value is -0.940. The van der Waals surface area contributed by atoms with Crippen LogP contribution in [0.4, 0.5) is 0 Å². The Bertz CT molecular complexity index is 421. The SMILES string of the molecule is CO[C@@H]1C[C@H](OCc2ccccc2)[C@@]2(C)COC1O2. The molecule has 1 unspecified atom stereocenters. The zero-order chi connectivity index (χ0) is 13.3. The van der Waals surface area contributed by atoms with Crippen LogP contribution in [0.2, 0.25) is 0 Å². The topological polar surface area (TPSA) is 36.9 Å². The Morgan fingerprint density at radius 1 is 1.32 bits per heavy atom. The lowest BCUT2D eigenvalue weighted by Crippen LogP contribution is -2.51. The molecule has 2 saturated heterocycles. The molecule has 4 nitrogen and oxygen atoms in total. The van der Waals surface area contributed by atoms with Gasteiger partial charge in [0, 0.05) is 13.5 Å². The van der Waals surface area contributed by atoms with Gasteiger partial charge in [0.2, 0.25) is 0 Å². The highest BCUT2D eigenvalue weighted by Crippen LogP contribution is 2.39. The molecule has 0 aliphatic carbocycles. The van der Waals surface area contributed by atoms with Crippen molar-refractivity contribution in [2.24, 2.45) is 0 Å². The standard InChI is InChI=1S/C15H20O4/c1-15-10-18-14(19-15)12(16-2)8-13(15)17-9-11-6-4-3-5-7-11/h3-7,12-14H,8-10H2,1-2H3/t12-,13+,14?,15-/m1/s1. The van der Waals surface area contributed by atoms with Crippen molar-refractivity contribution in [3.05, 3.63) is 35.9 Å². The predicted octanol–water partition coefficient (Wildman–Crippen LogP) is 2.12. The second kappa shape index (κ2) is 5.21. The van der Waals surface area contributed by atoms with Crippen LogP contribution < -0.4 is 0 Å². The van der Waals surface area contributed by atoms with E-state index in [1.54, 1.807) is 7.11 Å². The molecule has 4 atom stereocenters. The highest BCUT2D eigenvalue weighted by Gasteiger charge is 2.52. The number of fused-ring (bicyclic) bond motifs is 2. The number of rotatable bonds is 4. The highest BCUT2D eigenvalue weighted by molar-refractivity contribution is 5.13. The molecule has 1 aromatic carbocycles. The van der Waals surface area contributed by atoms with Gasteiger partial charge in [-0.05, 0) is 12.5 Å². The van der Waals surface area contributed by atoms with E-state index in [2.05, 4.69) is 19.1 Å². The average Bonchev–Trinajstić information content (AvgIpc) is 2.78. The Morgan fingerprint density at radius 3 is 2.84 bits per heavy atom. The fraction of sp³-hybridized carbons (Fsp3) is 0.600. The lowest BCUT2D eigenvalue weighted by Gasteiger charge is -2.39. The highest BCUT2D eigenvalue weighted by atomic mass is 16.8. The van der Waals surface area contributed by atoms with Gasteiger partial charge in [-0.25, -0.2) is 0 Å². The molecule has 2 bridgehead atoms. The first kappa shape index (κ1) is 13.1. The maximum absolute atomic E-state index is 6.05. The average molecular weight is 264 g/mol. The fourth-order valence-corrected chi connectivity index (χ4v) is 2.73. The van der Waals surface area contributed by atoms with E-state index in [-0.39, 0.29) is 24.1 Å². The summed E-state index contributed by atoms with van der Waals surface area (Å²) in [6.07, 6.45) is 0.518. The van der Waals surface area contributed by atoms with E-state index in [0.717, 1.165) is 6.42 Å². The lowest BCUT2D eigenvalue weighted by atomic mass is 9.93. The van der Waals surface area contributed by atoms with Crippen LogP contribution >= 0.6 is 0 Å². The summed E-state index contributed by atoms with van der Waals surface area (Å²) in [5.74, 6) is 0. The molecule has 19 heavy (non-hydrogen) atoms. The van der Waals surface area contributed by atoms with Gasteiger partial charge in [0.05, 0.1) is 19.3 Å². The number of hydrogen-bond acceptors (Lipinski definition) is 4. The number of methoxy groups -OCH3 is 1. The molecule has 0 saturated carbocycles. The maximum Gasteiger partial charge on any atom is 0.184 e. The van der Waals surface area contributed by atoms with Crippen molar-refractivity contribution >= 4 is 0 Å². The molecule has 0 radical (unpaired) electrons. The van der Waals surface area contributed by atoms with E-state index < -0.39 is 0 Å². The Balaban J connectivity index is 1.66. The molecular weight excluding hydrogens is 244 g/mol. The monoisotopic (exact) mass is 264 g/mol. The Kier molecular flexibility index (Phi) is 3.58. The van der Waals surface area contributed by atoms with E-state index in [1.807, 2.05) is 18.2 Å². The van der Waals surface area contributed by atoms with Crippen molar-refractivity contribution in [1.29, 1.82) is 0 Å². The predicted molar refractivity (Wildman–Crippen MR) is 69.7 cm³/mol. The molecule has 2 heterocycles. The zero-order valence-electron chi connectivity index (χ0n) is 11.4. The summed E-state index contributed by atoms with van der Waals surface area (Å²) >= 11 is 0. The van der Waals surface area contributed by atoms with E-state index in [0.29, 0.717) is 13.2 Å². The Morgan fingerprint density at radius 2 is 2.11 bits per heavy atom. The first-order valence-electron chi connectivity index (χ1n) is 6.69. The first-order chi connectivity index (χ1) is 9.21. The van der Waals surface area contributed by atoms with Crippen LogP contribution in [0.3, 0.4) is 0 Å². The van der Waals surface area contributed by atoms with Gasteiger partial charge in [-0.2, -0.15) is 0 Å². The van der Waals surface area contributed by atoms with Gasteiger partial charge in [0.15, 0.2) is 6.29 Å². The number of ether oxygens (including phenoxy) is 4. The summed E-state index contributed by atoms with van der Waals surface area (Å²) in [7, 11) is 1.69. The minimum Gasteiger partial charge on any atom is -0.376 e. The second-order valence-corrected chi connectivity index (χ2v) is 5.41. The second-order valence-electron chi connectivity index (χ2n) is 5.41. The minimum atomic E-state index is -0.353. The Labute approximate surface area is 113 Å². The quantitative estimate of drug-likeness (QED) is 0.834. The molecule has 3 rings (SSSR count). The summed E-state index contributed by atoms with van der Waals surface area (Å²) in [6.45, 7) is 3.21. The molecule has 2 fully saturated rings. The maximum atomic E-state index is 6.05. The minimum absolute atomic E-state index is 0.00333. The van der Waals surface area contributed by atoms with Gasteiger partial charge >= 0.3 is 0 Å². The van der Waals surface area contributed by atoms with Crippen LogP contribution in [-0.2, 0) is 25.6 Å². The van der Waals surface area contributed by atoms with Crippen molar-refractivity contribution < 1.29 is 18.9 Å². The summed E-state index contributed by atoms with van der Waals surface area (Å²) in [5.41, 5.74) is 0.815. The van der Waals surface area contributed by atoms with E-state index in [1.165, 1.54) is 5.56 Å². The third-order valence-corrected chi connectivity index (χ3v) is 3.95. The molecule has 0 N–H and O–H groups in total. The first-order valence-corrected chi connectivity index (χ1v) is 6.69. The van der Waals surface area contributed by atoms with E-state index >= 15 is 0 Å². The van der Waals surface area contributed by atoms with Crippen LogP contribution in [0.25, 0.3) is 0 Å². The van der Waals surface area contributed by atoms with Crippen molar-refractivity contribution in [2.45, 2.75) is 44.1 Å². The fourth-order valence-electron chi connectivity index (χ4n) is 2.73. The smallest absolute Gasteiger partial charge is 0.184 e. The molecular formula is C15H20O4. The van der Waals surface area contributed by atoms with Crippen LogP contribution in [0.15, 0.2) is 30.3 Å². The molecule has 0 amide bonds. The van der Waals surface area contributed by atoms with Crippen LogP contribution in [-0.4, -0.2) is 37.8 Å². The number of hydrogen-bond donors (Lipinski definition) is 0. The lowest BCUT2D eigenvalue weighted by molar-refractivity contribution is -0.229. The van der Waals surface area contributed by atoms with Gasteiger partial charge in [0.25, 0.3) is 0 Å². The zero-order valence-corrected chi connectivity index (χ0v) is 11.4. The van der Waals surface area contributed by atoms with E-state index in [4.69, 9.17) is 18.9 Å². The van der Waals surface area contributed by atoms with Crippen molar-refractivity contribution in [3.8, 4) is 0 Å². The van der Waals surface area contributed by atoms with Crippen molar-refractivity contribution in [3.63, 3.8) is 0 Å². The number of benzene rings is 1. The van der Waals surface area contributed by atoms with Crippen LogP contribution in [0.5, 0.6) is 0 Å². The van der Waals surface area contributed by atoms with Gasteiger partial charge in [-0.15, -0.1) is 0 Å². The largest absolute Gasteiger partial charge is 0.376 e. The molecule has 1 aromatic rings. The van der Waals surface area contributed by atoms with Crippen molar-refractivity contribution in [2.75, 3.05) is 13.7 Å². The third-order valence-electron chi connectivity index (χ3n) is 3.95. The molecule has 2 aliphatic rings. The van der Waals surface area contributed by atoms with Crippen molar-refractivity contribution in [1.82, 2.24) is 0 Å². The third kappa shape index (κ3) is 2.54. The molecule has 4 heteroatoms. The van der Waals surface area contributed by atoms with Gasteiger partial charge in [-0.1, -0.05) is 30.3 Å². The van der Waals surface area contributed by atoms with Crippen LogP contribution in [0, 0.1) is 0 Å². The molecule has 0 aromatic heterocycles. The van der Waals surface area contributed by atoms with Crippen LogP contribution in [0.1, 0.15) is 18.9 Å². The van der Waals surface area contributed by atoms with E-state index in [9.17, 15) is 0 Å². The summed E-state index contributed by atoms with van der Waals surface area (Å²) in [4.78, 5) is 0. The normalized spacial score (nSPS) is 37.5. The van der Waals surface area contributed by atoms with Gasteiger partial charge in [-0.3, -0.25) is 0 Å². The molecule has 0 spiro atoms. The molecule has 104 valence electrons.